The molecule has 1 N–H and O–H groups in total. The van der Waals surface area contributed by atoms with Crippen molar-refractivity contribution in [2.24, 2.45) is 0 Å². The molecule has 170 valence electrons. The number of hydrogen-bond acceptors (Lipinski definition) is 7. The van der Waals surface area contributed by atoms with E-state index < -0.39 is 27.6 Å². The van der Waals surface area contributed by atoms with Crippen molar-refractivity contribution in [2.75, 3.05) is 16.8 Å². The SMILES string of the molecule is Cc1cc(NC(=O)c2cc(-c3ccccc3F)nc3c2c(C)nn3C2CCS(=O)(=O)C2)no1. The Bertz CT molecular complexity index is 1510. The lowest BCUT2D eigenvalue weighted by molar-refractivity contribution is 0.102. The molecule has 3 aromatic heterocycles. The molecule has 1 fully saturated rings. The molecule has 1 aliphatic rings. The van der Waals surface area contributed by atoms with E-state index in [4.69, 9.17) is 4.52 Å². The molecule has 1 saturated heterocycles. The minimum absolute atomic E-state index is 0.0594. The van der Waals surface area contributed by atoms with Crippen LogP contribution in [0.2, 0.25) is 0 Å². The summed E-state index contributed by atoms with van der Waals surface area (Å²) >= 11 is 0. The Morgan fingerprint density at radius 1 is 1.24 bits per heavy atom. The molecule has 1 unspecified atom stereocenters. The zero-order valence-corrected chi connectivity index (χ0v) is 18.7. The molecule has 0 bridgehead atoms. The van der Waals surface area contributed by atoms with Gasteiger partial charge < -0.3 is 9.84 Å². The summed E-state index contributed by atoms with van der Waals surface area (Å²) in [5.41, 5.74) is 1.53. The third-order valence-corrected chi connectivity index (χ3v) is 7.41. The number of aryl methyl sites for hydroxylation is 2. The Kier molecular flexibility index (Phi) is 5.00. The second-order valence-corrected chi connectivity index (χ2v) is 10.3. The highest BCUT2D eigenvalue weighted by Crippen LogP contribution is 2.33. The maximum atomic E-state index is 14.6. The quantitative estimate of drug-likeness (QED) is 0.486. The van der Waals surface area contributed by atoms with Crippen molar-refractivity contribution in [2.45, 2.75) is 26.3 Å². The third kappa shape index (κ3) is 3.88. The minimum Gasteiger partial charge on any atom is -0.360 e. The van der Waals surface area contributed by atoms with Crippen LogP contribution in [0.4, 0.5) is 10.2 Å². The lowest BCUT2D eigenvalue weighted by Gasteiger charge is -2.12. The van der Waals surface area contributed by atoms with Crippen LogP contribution in [0.1, 0.15) is 34.3 Å². The van der Waals surface area contributed by atoms with E-state index in [1.165, 1.54) is 12.1 Å². The van der Waals surface area contributed by atoms with Crippen molar-refractivity contribution < 1.29 is 22.1 Å². The van der Waals surface area contributed by atoms with E-state index in [2.05, 4.69) is 20.6 Å². The fraction of sp³-hybridized carbons (Fsp3) is 0.273. The first-order valence-electron chi connectivity index (χ1n) is 10.3. The summed E-state index contributed by atoms with van der Waals surface area (Å²) in [6.45, 7) is 3.43. The van der Waals surface area contributed by atoms with Crippen LogP contribution in [0, 0.1) is 19.7 Å². The van der Waals surface area contributed by atoms with Crippen LogP contribution < -0.4 is 5.32 Å². The van der Waals surface area contributed by atoms with Crippen LogP contribution in [0.5, 0.6) is 0 Å². The molecule has 1 aliphatic heterocycles. The van der Waals surface area contributed by atoms with E-state index in [0.29, 0.717) is 28.9 Å². The van der Waals surface area contributed by atoms with Gasteiger partial charge in [-0.3, -0.25) is 4.79 Å². The molecule has 0 aliphatic carbocycles. The van der Waals surface area contributed by atoms with Gasteiger partial charge in [-0.25, -0.2) is 22.5 Å². The van der Waals surface area contributed by atoms with Gasteiger partial charge in [0.1, 0.15) is 11.6 Å². The number of nitrogens with one attached hydrogen (secondary N) is 1. The standard InChI is InChI=1S/C22H20FN5O4S/c1-12-9-19(27-32-12)25-22(29)16-10-18(15-5-3-4-6-17(15)23)24-21-20(16)13(2)26-28(21)14-7-8-33(30,31)11-14/h3-6,9-10,14H,7-8,11H2,1-2H3,(H,25,27,29). The lowest BCUT2D eigenvalue weighted by atomic mass is 10.0. The van der Waals surface area contributed by atoms with Crippen LogP contribution in [0.25, 0.3) is 22.3 Å². The van der Waals surface area contributed by atoms with Gasteiger partial charge in [-0.1, -0.05) is 17.3 Å². The predicted molar refractivity (Wildman–Crippen MR) is 119 cm³/mol. The number of benzene rings is 1. The van der Waals surface area contributed by atoms with E-state index in [0.717, 1.165) is 0 Å². The molecule has 33 heavy (non-hydrogen) atoms. The first-order chi connectivity index (χ1) is 15.7. The van der Waals surface area contributed by atoms with Crippen molar-refractivity contribution >= 4 is 32.6 Å². The molecular formula is C22H20FN5O4S. The molecule has 5 rings (SSSR count). The third-order valence-electron chi connectivity index (χ3n) is 5.66. The Hall–Kier alpha value is -3.60. The molecule has 0 saturated carbocycles. The monoisotopic (exact) mass is 469 g/mol. The number of carbonyl (C=O) groups is 1. The molecule has 1 aromatic carbocycles. The predicted octanol–water partition coefficient (Wildman–Crippen LogP) is 3.45. The number of amides is 1. The van der Waals surface area contributed by atoms with E-state index in [1.807, 2.05) is 0 Å². The average Bonchev–Trinajstić information content (AvgIpc) is 3.44. The Labute approximate surface area is 188 Å². The molecule has 4 heterocycles. The molecule has 11 heteroatoms. The van der Waals surface area contributed by atoms with E-state index >= 15 is 0 Å². The van der Waals surface area contributed by atoms with Crippen LogP contribution in [0.15, 0.2) is 40.9 Å². The normalized spacial score (nSPS) is 17.5. The van der Waals surface area contributed by atoms with Crippen molar-refractivity contribution in [3.05, 3.63) is 59.2 Å². The van der Waals surface area contributed by atoms with Crippen molar-refractivity contribution in [3.8, 4) is 11.3 Å². The highest BCUT2D eigenvalue weighted by Gasteiger charge is 2.32. The van der Waals surface area contributed by atoms with Gasteiger partial charge in [0.05, 0.1) is 39.9 Å². The number of rotatable bonds is 4. The van der Waals surface area contributed by atoms with E-state index in [-0.39, 0.29) is 34.1 Å². The molecular weight excluding hydrogens is 449 g/mol. The number of nitrogens with zero attached hydrogens (tertiary/aromatic N) is 4. The highest BCUT2D eigenvalue weighted by molar-refractivity contribution is 7.91. The number of sulfone groups is 1. The zero-order valence-electron chi connectivity index (χ0n) is 17.9. The fourth-order valence-corrected chi connectivity index (χ4v) is 5.82. The number of anilines is 1. The number of aromatic nitrogens is 4. The van der Waals surface area contributed by atoms with Gasteiger partial charge in [-0.05, 0) is 38.5 Å². The van der Waals surface area contributed by atoms with Gasteiger partial charge in [0.25, 0.3) is 5.91 Å². The second kappa shape index (κ2) is 7.77. The smallest absolute Gasteiger partial charge is 0.257 e. The summed E-state index contributed by atoms with van der Waals surface area (Å²) < 4.78 is 45.3. The number of carbonyl (C=O) groups excluding carboxylic acids is 1. The second-order valence-electron chi connectivity index (χ2n) is 8.10. The zero-order chi connectivity index (χ0) is 23.3. The lowest BCUT2D eigenvalue weighted by Crippen LogP contribution is -2.15. The molecule has 0 spiro atoms. The van der Waals surface area contributed by atoms with E-state index in [1.54, 1.807) is 42.8 Å². The Balaban J connectivity index is 1.71. The van der Waals surface area contributed by atoms with Gasteiger partial charge in [0.15, 0.2) is 21.3 Å². The van der Waals surface area contributed by atoms with Crippen LogP contribution in [0.3, 0.4) is 0 Å². The van der Waals surface area contributed by atoms with Gasteiger partial charge in [0, 0.05) is 11.6 Å². The minimum atomic E-state index is -3.18. The largest absolute Gasteiger partial charge is 0.360 e. The summed E-state index contributed by atoms with van der Waals surface area (Å²) in [4.78, 5) is 17.9. The number of halogens is 1. The Morgan fingerprint density at radius 2 is 2.03 bits per heavy atom. The molecule has 1 amide bonds. The van der Waals surface area contributed by atoms with Gasteiger partial charge >= 0.3 is 0 Å². The van der Waals surface area contributed by atoms with Crippen LogP contribution in [-0.4, -0.2) is 45.8 Å². The van der Waals surface area contributed by atoms with Gasteiger partial charge in [-0.15, -0.1) is 0 Å². The summed E-state index contributed by atoms with van der Waals surface area (Å²) in [5.74, 6) is -0.215. The molecule has 4 aromatic rings. The number of hydrogen-bond donors (Lipinski definition) is 1. The Morgan fingerprint density at radius 3 is 2.70 bits per heavy atom. The maximum Gasteiger partial charge on any atom is 0.257 e. The average molecular weight is 469 g/mol. The molecule has 9 nitrogen and oxygen atoms in total. The van der Waals surface area contributed by atoms with E-state index in [9.17, 15) is 17.6 Å². The summed E-state index contributed by atoms with van der Waals surface area (Å²) in [6, 6.07) is 8.79. The van der Waals surface area contributed by atoms with Gasteiger partial charge in [0.2, 0.25) is 0 Å². The first kappa shape index (κ1) is 21.3. The maximum absolute atomic E-state index is 14.6. The van der Waals surface area contributed by atoms with Crippen molar-refractivity contribution in [1.82, 2.24) is 19.9 Å². The summed E-state index contributed by atoms with van der Waals surface area (Å²) in [6.07, 6.45) is 0.393. The number of pyridine rings is 1. The fourth-order valence-electron chi connectivity index (χ4n) is 4.13. The molecule has 1 atom stereocenters. The molecule has 0 radical (unpaired) electrons. The van der Waals surface area contributed by atoms with Gasteiger partial charge in [-0.2, -0.15) is 5.10 Å². The first-order valence-corrected chi connectivity index (χ1v) is 12.1. The number of fused-ring (bicyclic) bond motifs is 1. The van der Waals surface area contributed by atoms with Crippen molar-refractivity contribution in [1.29, 1.82) is 0 Å². The van der Waals surface area contributed by atoms with Crippen LogP contribution >= 0.6 is 0 Å². The highest BCUT2D eigenvalue weighted by atomic mass is 32.2. The van der Waals surface area contributed by atoms with Crippen LogP contribution in [-0.2, 0) is 9.84 Å². The topological polar surface area (TPSA) is 120 Å². The summed E-state index contributed by atoms with van der Waals surface area (Å²) in [5, 5.41) is 11.5. The van der Waals surface area contributed by atoms with Crippen molar-refractivity contribution in [3.63, 3.8) is 0 Å². The summed E-state index contributed by atoms with van der Waals surface area (Å²) in [7, 11) is -3.18.